The van der Waals surface area contributed by atoms with Gasteiger partial charge in [0.1, 0.15) is 11.9 Å². The molecule has 0 radical (unpaired) electrons. The van der Waals surface area contributed by atoms with E-state index in [1.54, 1.807) is 30.6 Å². The van der Waals surface area contributed by atoms with E-state index in [1.165, 1.54) is 18.9 Å². The molecule has 5 heteroatoms. The van der Waals surface area contributed by atoms with Gasteiger partial charge in [0.2, 0.25) is 0 Å². The Labute approximate surface area is 135 Å². The number of ether oxygens (including phenoxy) is 1. The Morgan fingerprint density at radius 2 is 2.09 bits per heavy atom. The van der Waals surface area contributed by atoms with Gasteiger partial charge in [0.25, 0.3) is 0 Å². The van der Waals surface area contributed by atoms with Crippen LogP contribution in [0.15, 0.2) is 36.7 Å². The molecule has 0 unspecified atom stereocenters. The van der Waals surface area contributed by atoms with E-state index in [4.69, 9.17) is 4.74 Å². The molecule has 0 amide bonds. The van der Waals surface area contributed by atoms with Crippen LogP contribution in [-0.2, 0) is 4.74 Å². The van der Waals surface area contributed by atoms with Crippen molar-refractivity contribution in [2.24, 2.45) is 5.92 Å². The number of rotatable bonds is 4. The van der Waals surface area contributed by atoms with Crippen molar-refractivity contribution in [3.8, 4) is 11.3 Å². The molecule has 2 aromatic rings. The fourth-order valence-corrected chi connectivity index (χ4v) is 3.05. The number of halogens is 1. The lowest BCUT2D eigenvalue weighted by Gasteiger charge is -2.32. The van der Waals surface area contributed by atoms with E-state index in [9.17, 15) is 4.39 Å². The van der Waals surface area contributed by atoms with Crippen molar-refractivity contribution in [1.82, 2.24) is 14.9 Å². The SMILES string of the molecule is Fc1ccccc1-c1cncc([C@@H]2CN(CC3CC3)CCO2)n1. The molecule has 1 aliphatic heterocycles. The van der Waals surface area contributed by atoms with E-state index < -0.39 is 0 Å². The van der Waals surface area contributed by atoms with Crippen LogP contribution in [0, 0.1) is 11.7 Å². The monoisotopic (exact) mass is 313 g/mol. The highest BCUT2D eigenvalue weighted by Gasteiger charge is 2.29. The molecule has 1 atom stereocenters. The van der Waals surface area contributed by atoms with Crippen molar-refractivity contribution >= 4 is 0 Å². The molecule has 0 N–H and O–H groups in total. The van der Waals surface area contributed by atoms with E-state index in [2.05, 4.69) is 14.9 Å². The second-order valence-electron chi connectivity index (χ2n) is 6.37. The highest BCUT2D eigenvalue weighted by molar-refractivity contribution is 5.58. The summed E-state index contributed by atoms with van der Waals surface area (Å²) in [4.78, 5) is 11.3. The summed E-state index contributed by atoms with van der Waals surface area (Å²) in [5, 5.41) is 0. The van der Waals surface area contributed by atoms with Gasteiger partial charge in [-0.3, -0.25) is 9.88 Å². The average molecular weight is 313 g/mol. The van der Waals surface area contributed by atoms with Gasteiger partial charge in [0.15, 0.2) is 0 Å². The molecular formula is C18H20FN3O. The van der Waals surface area contributed by atoms with Crippen molar-refractivity contribution in [1.29, 1.82) is 0 Å². The summed E-state index contributed by atoms with van der Waals surface area (Å²) < 4.78 is 19.8. The van der Waals surface area contributed by atoms with Crippen LogP contribution >= 0.6 is 0 Å². The van der Waals surface area contributed by atoms with E-state index in [1.807, 2.05) is 0 Å². The largest absolute Gasteiger partial charge is 0.369 e. The molecule has 2 fully saturated rings. The Morgan fingerprint density at radius 3 is 2.91 bits per heavy atom. The molecule has 0 bridgehead atoms. The highest BCUT2D eigenvalue weighted by Crippen LogP contribution is 2.31. The van der Waals surface area contributed by atoms with Crippen LogP contribution in [0.3, 0.4) is 0 Å². The van der Waals surface area contributed by atoms with Gasteiger partial charge in [0.05, 0.1) is 30.4 Å². The molecular weight excluding hydrogens is 293 g/mol. The molecule has 2 aliphatic rings. The molecule has 1 saturated carbocycles. The molecule has 2 heterocycles. The Hall–Kier alpha value is -1.85. The van der Waals surface area contributed by atoms with Gasteiger partial charge >= 0.3 is 0 Å². The number of nitrogens with zero attached hydrogens (tertiary/aromatic N) is 3. The van der Waals surface area contributed by atoms with Crippen LogP contribution in [0.25, 0.3) is 11.3 Å². The van der Waals surface area contributed by atoms with E-state index in [0.717, 1.165) is 31.2 Å². The third kappa shape index (κ3) is 3.41. The number of hydrogen-bond donors (Lipinski definition) is 0. The molecule has 0 spiro atoms. The Balaban J connectivity index is 1.54. The van der Waals surface area contributed by atoms with Crippen molar-refractivity contribution < 1.29 is 9.13 Å². The predicted molar refractivity (Wildman–Crippen MR) is 85.3 cm³/mol. The zero-order chi connectivity index (χ0) is 15.6. The third-order valence-electron chi connectivity index (χ3n) is 4.50. The summed E-state index contributed by atoms with van der Waals surface area (Å²) in [6, 6.07) is 6.65. The normalized spacial score (nSPS) is 22.2. The lowest BCUT2D eigenvalue weighted by molar-refractivity contribution is -0.0335. The summed E-state index contributed by atoms with van der Waals surface area (Å²) in [5.74, 6) is 0.587. The fraction of sp³-hybridized carbons (Fsp3) is 0.444. The summed E-state index contributed by atoms with van der Waals surface area (Å²) in [6.45, 7) is 3.68. The highest BCUT2D eigenvalue weighted by atomic mass is 19.1. The second-order valence-corrected chi connectivity index (χ2v) is 6.37. The fourth-order valence-electron chi connectivity index (χ4n) is 3.05. The first-order valence-electron chi connectivity index (χ1n) is 8.20. The van der Waals surface area contributed by atoms with Crippen molar-refractivity contribution in [3.05, 3.63) is 48.2 Å². The van der Waals surface area contributed by atoms with Gasteiger partial charge in [0, 0.05) is 25.2 Å². The van der Waals surface area contributed by atoms with Gasteiger partial charge in [-0.2, -0.15) is 0 Å². The van der Waals surface area contributed by atoms with Crippen molar-refractivity contribution in [2.75, 3.05) is 26.2 Å². The van der Waals surface area contributed by atoms with Gasteiger partial charge in [-0.1, -0.05) is 12.1 Å². The first kappa shape index (κ1) is 14.7. The number of benzene rings is 1. The maximum absolute atomic E-state index is 14.0. The Morgan fingerprint density at radius 1 is 1.22 bits per heavy atom. The lowest BCUT2D eigenvalue weighted by atomic mass is 10.1. The molecule has 120 valence electrons. The Kier molecular flexibility index (Phi) is 4.06. The molecule has 4 rings (SSSR count). The molecule has 4 nitrogen and oxygen atoms in total. The summed E-state index contributed by atoms with van der Waals surface area (Å²) >= 11 is 0. The minimum atomic E-state index is -0.279. The maximum Gasteiger partial charge on any atom is 0.132 e. The maximum atomic E-state index is 14.0. The molecule has 23 heavy (non-hydrogen) atoms. The first-order valence-corrected chi connectivity index (χ1v) is 8.20. The van der Waals surface area contributed by atoms with Crippen LogP contribution in [0.5, 0.6) is 0 Å². The summed E-state index contributed by atoms with van der Waals surface area (Å²) in [6.07, 6.45) is 5.96. The minimum absolute atomic E-state index is 0.0817. The predicted octanol–water partition coefficient (Wildman–Crippen LogP) is 3.07. The summed E-state index contributed by atoms with van der Waals surface area (Å²) in [5.41, 5.74) is 1.82. The molecule has 1 aromatic carbocycles. The van der Waals surface area contributed by atoms with Crippen molar-refractivity contribution in [3.63, 3.8) is 0 Å². The van der Waals surface area contributed by atoms with Gasteiger partial charge in [-0.15, -0.1) is 0 Å². The third-order valence-corrected chi connectivity index (χ3v) is 4.50. The van der Waals surface area contributed by atoms with Gasteiger partial charge < -0.3 is 4.74 Å². The quantitative estimate of drug-likeness (QED) is 0.869. The van der Waals surface area contributed by atoms with Gasteiger partial charge in [-0.05, 0) is 30.9 Å². The first-order chi connectivity index (χ1) is 11.3. The van der Waals surface area contributed by atoms with Crippen LogP contribution in [0.1, 0.15) is 24.6 Å². The Bertz CT molecular complexity index is 689. The van der Waals surface area contributed by atoms with E-state index in [-0.39, 0.29) is 11.9 Å². The van der Waals surface area contributed by atoms with Crippen LogP contribution in [0.4, 0.5) is 4.39 Å². The minimum Gasteiger partial charge on any atom is -0.369 e. The van der Waals surface area contributed by atoms with Crippen molar-refractivity contribution in [2.45, 2.75) is 18.9 Å². The zero-order valence-electron chi connectivity index (χ0n) is 13.0. The lowest BCUT2D eigenvalue weighted by Crippen LogP contribution is -2.39. The van der Waals surface area contributed by atoms with E-state index in [0.29, 0.717) is 17.9 Å². The summed E-state index contributed by atoms with van der Waals surface area (Å²) in [7, 11) is 0. The zero-order valence-corrected chi connectivity index (χ0v) is 13.0. The van der Waals surface area contributed by atoms with E-state index >= 15 is 0 Å². The van der Waals surface area contributed by atoms with Gasteiger partial charge in [-0.25, -0.2) is 9.37 Å². The van der Waals surface area contributed by atoms with Crippen LogP contribution in [0.2, 0.25) is 0 Å². The topological polar surface area (TPSA) is 38.2 Å². The number of hydrogen-bond acceptors (Lipinski definition) is 4. The average Bonchev–Trinajstić information content (AvgIpc) is 3.40. The number of morpholine rings is 1. The molecule has 1 aromatic heterocycles. The molecule has 1 saturated heterocycles. The second kappa shape index (κ2) is 6.34. The number of aromatic nitrogens is 2. The molecule has 1 aliphatic carbocycles. The van der Waals surface area contributed by atoms with Crippen LogP contribution in [-0.4, -0.2) is 41.1 Å². The standard InChI is InChI=1S/C18H20FN3O/c19-15-4-2-1-3-14(15)16-9-20-10-17(21-16)18-12-22(7-8-23-18)11-13-5-6-13/h1-4,9-10,13,18H,5-8,11-12H2/t18-/m0/s1. The van der Waals surface area contributed by atoms with Crippen LogP contribution < -0.4 is 0 Å². The smallest absolute Gasteiger partial charge is 0.132 e.